The summed E-state index contributed by atoms with van der Waals surface area (Å²) in [5, 5.41) is 3.30. The molecular formula is C14H30Ar2N6O4. The summed E-state index contributed by atoms with van der Waals surface area (Å²) in [6.07, 6.45) is -1.00. The molecule has 2 saturated heterocycles. The van der Waals surface area contributed by atoms with Gasteiger partial charge in [-0.2, -0.15) is 0 Å². The summed E-state index contributed by atoms with van der Waals surface area (Å²) in [6, 6.07) is 0. The number of azide groups is 1. The van der Waals surface area contributed by atoms with Crippen molar-refractivity contribution in [3.05, 3.63) is 10.4 Å². The van der Waals surface area contributed by atoms with E-state index in [0.29, 0.717) is 19.6 Å². The summed E-state index contributed by atoms with van der Waals surface area (Å²) in [7, 11) is 3.33. The van der Waals surface area contributed by atoms with Crippen LogP contribution in [0.5, 0.6) is 0 Å². The first-order valence-corrected chi connectivity index (χ1v) is 8.02. The van der Waals surface area contributed by atoms with Crippen LogP contribution in [-0.4, -0.2) is 74.5 Å². The Morgan fingerprint density at radius 2 is 1.42 bits per heavy atom. The van der Waals surface area contributed by atoms with Gasteiger partial charge in [0.2, 0.25) is 0 Å². The summed E-state index contributed by atoms with van der Waals surface area (Å²) in [5.74, 6) is 0. The van der Waals surface area contributed by atoms with Crippen LogP contribution in [0.2, 0.25) is 0 Å². The molecule has 2 unspecified atom stereocenters. The summed E-state index contributed by atoms with van der Waals surface area (Å²) in [5.41, 5.74) is 13.2. The molecular weight excluding hydrogens is 396 g/mol. The minimum absolute atomic E-state index is 0. The van der Waals surface area contributed by atoms with E-state index in [0.717, 1.165) is 0 Å². The minimum Gasteiger partial charge on any atom is -0.444 e. The topological polar surface area (TPSA) is 134 Å². The van der Waals surface area contributed by atoms with Crippen LogP contribution < -0.4 is 5.73 Å². The number of carbonyl (C=O) groups excluding carboxylic acids is 2. The number of nitrogens with two attached hydrogens (primary N) is 1. The molecule has 0 spiro atoms. The number of hydrogen-bond donors (Lipinski definition) is 1. The molecule has 2 N–H and O–H groups in total. The summed E-state index contributed by atoms with van der Waals surface area (Å²) in [6.45, 7) is 9.75. The molecule has 2 aliphatic heterocycles. The normalized spacial score (nSPS) is 19.3. The molecule has 156 valence electrons. The van der Waals surface area contributed by atoms with E-state index in [1.54, 1.807) is 14.1 Å². The maximum absolute atomic E-state index is 10.7. The zero-order valence-corrected chi connectivity index (χ0v) is 17.6. The summed E-state index contributed by atoms with van der Waals surface area (Å²) >= 11 is 0. The Bertz CT molecular complexity index is 422. The van der Waals surface area contributed by atoms with E-state index < -0.39 is 0 Å². The maximum atomic E-state index is 10.7. The van der Waals surface area contributed by atoms with Crippen LogP contribution in [0.25, 0.3) is 10.4 Å². The molecule has 0 aromatic rings. The van der Waals surface area contributed by atoms with E-state index in [4.69, 9.17) is 20.7 Å². The van der Waals surface area contributed by atoms with Crippen LogP contribution in [0, 0.1) is 75.5 Å². The first-order valence-electron chi connectivity index (χ1n) is 8.02. The second-order valence-corrected chi connectivity index (χ2v) is 4.42. The van der Waals surface area contributed by atoms with Crippen molar-refractivity contribution in [3.8, 4) is 0 Å². The van der Waals surface area contributed by atoms with Gasteiger partial charge in [-0.15, -0.1) is 0 Å². The van der Waals surface area contributed by atoms with Gasteiger partial charge < -0.3 is 25.0 Å². The molecule has 0 aromatic carbocycles. The number of likely N-dealkylation sites (N-methyl/N-ethyl adjacent to an activating group) is 2. The fourth-order valence-corrected chi connectivity index (χ4v) is 1.64. The molecule has 10 nitrogen and oxygen atoms in total. The fraction of sp³-hybridized carbons (Fsp3) is 0.857. The van der Waals surface area contributed by atoms with Crippen molar-refractivity contribution in [1.82, 2.24) is 9.80 Å². The largest absolute Gasteiger partial charge is 0.444 e. The predicted octanol–water partition coefficient (Wildman–Crippen LogP) is 2.20. The van der Waals surface area contributed by atoms with Gasteiger partial charge in [0.25, 0.3) is 0 Å². The maximum Gasteiger partial charge on any atom is 0.410 e. The van der Waals surface area contributed by atoms with Crippen molar-refractivity contribution in [2.24, 2.45) is 10.8 Å². The Balaban J connectivity index is -0.000000148. The van der Waals surface area contributed by atoms with E-state index in [1.165, 1.54) is 9.80 Å². The van der Waals surface area contributed by atoms with E-state index in [1.807, 2.05) is 27.7 Å². The molecule has 2 aliphatic rings. The molecule has 0 saturated carbocycles. The van der Waals surface area contributed by atoms with Crippen LogP contribution in [0.4, 0.5) is 9.59 Å². The number of hydrogen-bond acceptors (Lipinski definition) is 6. The molecule has 0 radical (unpaired) electrons. The summed E-state index contributed by atoms with van der Waals surface area (Å²) in [4.78, 5) is 26.8. The minimum atomic E-state index is -0.358. The second kappa shape index (κ2) is 21.6. The first kappa shape index (κ1) is 33.9. The van der Waals surface area contributed by atoms with Crippen molar-refractivity contribution in [2.75, 3.05) is 40.3 Å². The standard InChI is InChI=1S/C5H8N4O2.C5H10N2O2.2C2H6.2Ar/c1-9-3-4(2-7-8-6)11-5(9)10;1-7-3-4(2-6)9-5(7)8;2*1-2;;/h4H,2-3H2,1H3;4H,2-3,6H2,1H3;2*1-2H3;;. The van der Waals surface area contributed by atoms with Gasteiger partial charge in [-0.3, -0.25) is 0 Å². The molecule has 26 heavy (non-hydrogen) atoms. The van der Waals surface area contributed by atoms with Gasteiger partial charge in [-0.05, 0) is 5.53 Å². The van der Waals surface area contributed by atoms with Crippen molar-refractivity contribution >= 4 is 12.2 Å². The monoisotopic (exact) mass is 426 g/mol. The third-order valence-electron chi connectivity index (χ3n) is 2.72. The van der Waals surface area contributed by atoms with Gasteiger partial charge >= 0.3 is 12.2 Å². The van der Waals surface area contributed by atoms with Crippen molar-refractivity contribution in [1.29, 1.82) is 0 Å². The number of nitrogens with zero attached hydrogens (tertiary/aromatic N) is 5. The molecule has 2 fully saturated rings. The number of amides is 2. The summed E-state index contributed by atoms with van der Waals surface area (Å²) < 4.78 is 9.58. The Hall–Kier alpha value is 0.329. The van der Waals surface area contributed by atoms with Gasteiger partial charge in [0.1, 0.15) is 12.2 Å². The van der Waals surface area contributed by atoms with Crippen LogP contribution in [0.1, 0.15) is 27.7 Å². The van der Waals surface area contributed by atoms with Gasteiger partial charge in [0.05, 0.1) is 19.6 Å². The Morgan fingerprint density at radius 1 is 1.04 bits per heavy atom. The average Bonchev–Trinajstić information content (AvgIpc) is 3.11. The average molecular weight is 426 g/mol. The predicted molar refractivity (Wildman–Crippen MR) is 91.6 cm³/mol. The molecule has 0 aromatic heterocycles. The van der Waals surface area contributed by atoms with Crippen LogP contribution in [0.15, 0.2) is 5.11 Å². The molecule has 0 bridgehead atoms. The Labute approximate surface area is 215 Å². The fourth-order valence-electron chi connectivity index (χ4n) is 1.64. The van der Waals surface area contributed by atoms with Gasteiger partial charge in [0, 0.05) is 101 Å². The molecule has 2 atom stereocenters. The van der Waals surface area contributed by atoms with Gasteiger partial charge in [0.15, 0.2) is 0 Å². The van der Waals surface area contributed by atoms with Gasteiger partial charge in [-0.1, -0.05) is 32.8 Å². The molecule has 2 rings (SSSR count). The van der Waals surface area contributed by atoms with Crippen molar-refractivity contribution < 1.29 is 94.5 Å². The third kappa shape index (κ3) is 14.4. The quantitative estimate of drug-likeness (QED) is 0.419. The van der Waals surface area contributed by atoms with E-state index >= 15 is 0 Å². The second-order valence-electron chi connectivity index (χ2n) is 4.42. The van der Waals surface area contributed by atoms with Crippen LogP contribution in [-0.2, 0) is 9.47 Å². The van der Waals surface area contributed by atoms with E-state index in [-0.39, 0.29) is 106 Å². The first-order chi connectivity index (χ1) is 11.5. The smallest absolute Gasteiger partial charge is 0.410 e. The van der Waals surface area contributed by atoms with Crippen LogP contribution >= 0.6 is 0 Å². The zero-order chi connectivity index (χ0) is 19.1. The number of rotatable bonds is 3. The number of ether oxygens (including phenoxy) is 2. The molecule has 0 aliphatic carbocycles. The van der Waals surface area contributed by atoms with Crippen LogP contribution in [0.3, 0.4) is 0 Å². The van der Waals surface area contributed by atoms with Crippen molar-refractivity contribution in [2.45, 2.75) is 39.9 Å². The van der Waals surface area contributed by atoms with Crippen molar-refractivity contribution in [3.63, 3.8) is 0 Å². The Morgan fingerprint density at radius 3 is 1.65 bits per heavy atom. The number of cyclic esters (lactones) is 2. The van der Waals surface area contributed by atoms with E-state index in [2.05, 4.69) is 10.0 Å². The molecule has 2 amide bonds. The molecule has 2 heterocycles. The number of carbonyl (C=O) groups is 2. The van der Waals surface area contributed by atoms with E-state index in [9.17, 15) is 9.59 Å². The molecule has 12 heteroatoms. The zero-order valence-electron chi connectivity index (χ0n) is 16.1. The Kier molecular flexibility index (Phi) is 28.2. The SMILES string of the molecule is CC.CC.CN1CC(CN)OC1=O.CN1CC(CN=[N+]=[N-])OC1=O.[Ar].[Ar]. The van der Waals surface area contributed by atoms with Gasteiger partial charge in [-0.25, -0.2) is 9.59 Å². The third-order valence-corrected chi connectivity index (χ3v) is 2.72.